The number of carbonyl (C=O) groups is 1. The van der Waals surface area contributed by atoms with Crippen molar-refractivity contribution in [2.24, 2.45) is 0 Å². The van der Waals surface area contributed by atoms with E-state index in [0.29, 0.717) is 29.8 Å². The summed E-state index contributed by atoms with van der Waals surface area (Å²) in [5, 5.41) is 0.651. The van der Waals surface area contributed by atoms with Gasteiger partial charge in [0, 0.05) is 10.6 Å². The van der Waals surface area contributed by atoms with Crippen molar-refractivity contribution in [2.45, 2.75) is 53.5 Å². The Hall–Kier alpha value is -3.32. The third-order valence-corrected chi connectivity index (χ3v) is 6.16. The van der Waals surface area contributed by atoms with Crippen molar-refractivity contribution in [2.75, 3.05) is 13.2 Å². The van der Waals surface area contributed by atoms with Crippen molar-refractivity contribution in [1.29, 1.82) is 0 Å². The van der Waals surface area contributed by atoms with Gasteiger partial charge < -0.3 is 18.5 Å². The summed E-state index contributed by atoms with van der Waals surface area (Å²) in [6, 6.07) is 11.6. The van der Waals surface area contributed by atoms with E-state index >= 15 is 0 Å². The zero-order valence-electron chi connectivity index (χ0n) is 20.6. The van der Waals surface area contributed by atoms with Crippen LogP contribution in [-0.4, -0.2) is 33.7 Å². The number of fused-ring (bicyclic) bond motifs is 1. The molecule has 0 aliphatic rings. The van der Waals surface area contributed by atoms with Crippen molar-refractivity contribution in [3.63, 3.8) is 0 Å². The number of hydrogen-bond donors (Lipinski definition) is 0. The summed E-state index contributed by atoms with van der Waals surface area (Å²) in [6.45, 7) is 9.13. The molecule has 4 aromatic rings. The Bertz CT molecular complexity index is 1340. The number of aromatic nitrogens is 3. The summed E-state index contributed by atoms with van der Waals surface area (Å²) in [7, 11) is 0. The molecule has 0 saturated carbocycles. The molecule has 7 nitrogen and oxygen atoms in total. The molecular formula is C27H30ClN3O4. The first-order chi connectivity index (χ1) is 16.9. The molecule has 0 aliphatic heterocycles. The molecule has 2 heterocycles. The van der Waals surface area contributed by atoms with Gasteiger partial charge in [0.1, 0.15) is 11.6 Å². The Morgan fingerprint density at radius 3 is 2.66 bits per heavy atom. The average Bonchev–Trinajstić information content (AvgIpc) is 3.37. The van der Waals surface area contributed by atoms with E-state index in [1.165, 1.54) is 0 Å². The van der Waals surface area contributed by atoms with Crippen LogP contribution in [0.5, 0.6) is 5.75 Å². The zero-order valence-corrected chi connectivity index (χ0v) is 21.3. The second-order valence-corrected chi connectivity index (χ2v) is 8.82. The van der Waals surface area contributed by atoms with Crippen LogP contribution in [0.1, 0.15) is 60.7 Å². The third-order valence-electron chi connectivity index (χ3n) is 5.81. The molecule has 8 heteroatoms. The van der Waals surface area contributed by atoms with Gasteiger partial charge in [0.25, 0.3) is 0 Å². The largest absolute Gasteiger partial charge is 0.494 e. The molecule has 184 valence electrons. The van der Waals surface area contributed by atoms with Crippen molar-refractivity contribution in [3.05, 3.63) is 64.3 Å². The van der Waals surface area contributed by atoms with Gasteiger partial charge in [-0.25, -0.2) is 14.8 Å². The standard InChI is InChI=1S/C27H30ClN3O4/c1-5-7-8-13-34-21-11-9-20(22(28)15-21)16-31-18(4)30-23-12-10-19(14-24(23)31)26-29-17(3)25(35-26)27(32)33-6-2/h9-12,14-15H,5-8,13,16H2,1-4H3. The van der Waals surface area contributed by atoms with Gasteiger partial charge in [-0.05, 0) is 63.1 Å². The maximum Gasteiger partial charge on any atom is 0.376 e. The van der Waals surface area contributed by atoms with Crippen LogP contribution in [0.25, 0.3) is 22.5 Å². The summed E-state index contributed by atoms with van der Waals surface area (Å²) in [6.07, 6.45) is 3.34. The van der Waals surface area contributed by atoms with Crippen LogP contribution in [-0.2, 0) is 11.3 Å². The summed E-state index contributed by atoms with van der Waals surface area (Å²) < 4.78 is 18.7. The fraction of sp³-hybridized carbons (Fsp3) is 0.370. The Labute approximate surface area is 210 Å². The van der Waals surface area contributed by atoms with E-state index in [-0.39, 0.29) is 12.4 Å². The number of unbranched alkanes of at least 4 members (excludes halogenated alkanes) is 2. The number of aryl methyl sites for hydroxylation is 2. The highest BCUT2D eigenvalue weighted by atomic mass is 35.5. The van der Waals surface area contributed by atoms with Gasteiger partial charge in [-0.15, -0.1) is 0 Å². The Morgan fingerprint density at radius 1 is 1.09 bits per heavy atom. The molecule has 0 bridgehead atoms. The average molecular weight is 496 g/mol. The molecule has 0 spiro atoms. The van der Waals surface area contributed by atoms with Crippen LogP contribution < -0.4 is 4.74 Å². The van der Waals surface area contributed by atoms with E-state index in [2.05, 4.69) is 16.5 Å². The van der Waals surface area contributed by atoms with E-state index in [1.807, 2.05) is 43.3 Å². The number of hydrogen-bond acceptors (Lipinski definition) is 6. The minimum absolute atomic E-state index is 0.121. The van der Waals surface area contributed by atoms with E-state index in [1.54, 1.807) is 13.8 Å². The van der Waals surface area contributed by atoms with Gasteiger partial charge in [-0.1, -0.05) is 37.4 Å². The predicted molar refractivity (Wildman–Crippen MR) is 136 cm³/mol. The molecule has 0 aliphatic carbocycles. The van der Waals surface area contributed by atoms with Crippen molar-refractivity contribution in [1.82, 2.24) is 14.5 Å². The molecular weight excluding hydrogens is 466 g/mol. The van der Waals surface area contributed by atoms with Gasteiger partial charge in [-0.3, -0.25) is 0 Å². The topological polar surface area (TPSA) is 79.4 Å². The molecule has 0 fully saturated rings. The molecule has 2 aromatic carbocycles. The molecule has 0 saturated heterocycles. The van der Waals surface area contributed by atoms with Crippen LogP contribution in [0.4, 0.5) is 0 Å². The highest BCUT2D eigenvalue weighted by Gasteiger charge is 2.20. The van der Waals surface area contributed by atoms with Crippen LogP contribution >= 0.6 is 11.6 Å². The minimum Gasteiger partial charge on any atom is -0.494 e. The molecule has 4 rings (SSSR count). The predicted octanol–water partition coefficient (Wildman–Crippen LogP) is 6.76. The number of oxazole rings is 1. The Kier molecular flexibility index (Phi) is 7.76. The van der Waals surface area contributed by atoms with E-state index in [4.69, 9.17) is 30.5 Å². The SMILES string of the molecule is CCCCCOc1ccc(Cn2c(C)nc3ccc(-c4nc(C)c(C(=O)OCC)o4)cc32)c(Cl)c1. The lowest BCUT2D eigenvalue weighted by Crippen LogP contribution is -2.04. The second kappa shape index (κ2) is 11.0. The number of imidazole rings is 1. The van der Waals surface area contributed by atoms with Crippen LogP contribution in [0.15, 0.2) is 40.8 Å². The van der Waals surface area contributed by atoms with Crippen LogP contribution in [0, 0.1) is 13.8 Å². The van der Waals surface area contributed by atoms with Gasteiger partial charge >= 0.3 is 5.97 Å². The highest BCUT2D eigenvalue weighted by Crippen LogP contribution is 2.29. The fourth-order valence-corrected chi connectivity index (χ4v) is 4.17. The zero-order chi connectivity index (χ0) is 24.9. The number of carbonyl (C=O) groups excluding carboxylic acids is 1. The number of benzene rings is 2. The maximum atomic E-state index is 12.1. The summed E-state index contributed by atoms with van der Waals surface area (Å²) in [5.41, 5.74) is 3.99. The highest BCUT2D eigenvalue weighted by molar-refractivity contribution is 6.31. The number of ether oxygens (including phenoxy) is 2. The molecule has 0 atom stereocenters. The normalized spacial score (nSPS) is 11.2. The molecule has 35 heavy (non-hydrogen) atoms. The molecule has 2 aromatic heterocycles. The first kappa shape index (κ1) is 24.8. The molecule has 0 N–H and O–H groups in total. The van der Waals surface area contributed by atoms with Crippen molar-refractivity contribution in [3.8, 4) is 17.2 Å². The van der Waals surface area contributed by atoms with Crippen LogP contribution in [0.3, 0.4) is 0 Å². The van der Waals surface area contributed by atoms with Gasteiger partial charge in [0.2, 0.25) is 11.7 Å². The second-order valence-electron chi connectivity index (χ2n) is 8.41. The minimum atomic E-state index is -0.516. The molecule has 0 radical (unpaired) electrons. The lowest BCUT2D eigenvalue weighted by atomic mass is 10.1. The first-order valence-corrected chi connectivity index (χ1v) is 12.3. The fourth-order valence-electron chi connectivity index (χ4n) is 3.94. The smallest absolute Gasteiger partial charge is 0.376 e. The van der Waals surface area contributed by atoms with E-state index in [9.17, 15) is 4.79 Å². The third kappa shape index (κ3) is 5.51. The van der Waals surface area contributed by atoms with Crippen molar-refractivity contribution < 1.29 is 18.7 Å². The maximum absolute atomic E-state index is 12.1. The number of esters is 1. The lowest BCUT2D eigenvalue weighted by Gasteiger charge is -2.12. The van der Waals surface area contributed by atoms with Gasteiger partial charge in [-0.2, -0.15) is 0 Å². The first-order valence-electron chi connectivity index (χ1n) is 11.9. The molecule has 0 unspecified atom stereocenters. The Balaban J connectivity index is 1.60. The van der Waals surface area contributed by atoms with E-state index in [0.717, 1.165) is 53.0 Å². The van der Waals surface area contributed by atoms with E-state index < -0.39 is 5.97 Å². The summed E-state index contributed by atoms with van der Waals surface area (Å²) in [4.78, 5) is 21.3. The monoisotopic (exact) mass is 495 g/mol. The number of nitrogens with zero attached hydrogens (tertiary/aromatic N) is 3. The van der Waals surface area contributed by atoms with Gasteiger partial charge in [0.05, 0.1) is 36.5 Å². The van der Waals surface area contributed by atoms with Gasteiger partial charge in [0.15, 0.2) is 0 Å². The molecule has 0 amide bonds. The summed E-state index contributed by atoms with van der Waals surface area (Å²) >= 11 is 6.61. The lowest BCUT2D eigenvalue weighted by molar-refractivity contribution is 0.0490. The number of rotatable bonds is 10. The number of halogens is 1. The Morgan fingerprint density at radius 2 is 1.91 bits per heavy atom. The van der Waals surface area contributed by atoms with Crippen LogP contribution in [0.2, 0.25) is 5.02 Å². The van der Waals surface area contributed by atoms with Crippen molar-refractivity contribution >= 4 is 28.6 Å². The summed E-state index contributed by atoms with van der Waals surface area (Å²) in [5.74, 6) is 1.61. The quantitative estimate of drug-likeness (QED) is 0.179.